The smallest absolute Gasteiger partial charge is 0.205 e. The maximum Gasteiger partial charge on any atom is 0.205 e. The lowest BCUT2D eigenvalue weighted by Crippen LogP contribution is -2.26. The van der Waals surface area contributed by atoms with E-state index in [2.05, 4.69) is 46.6 Å². The SMILES string of the molecule is Cc1nnc(NCC(c2ccc(Cl)cc2)N(C)C)s1. The molecule has 102 valence electrons. The van der Waals surface area contributed by atoms with Gasteiger partial charge in [0.25, 0.3) is 0 Å². The Labute approximate surface area is 122 Å². The van der Waals surface area contributed by atoms with Gasteiger partial charge in [0.1, 0.15) is 5.01 Å². The monoisotopic (exact) mass is 296 g/mol. The molecule has 0 radical (unpaired) electrons. The van der Waals surface area contributed by atoms with E-state index < -0.39 is 0 Å². The average molecular weight is 297 g/mol. The summed E-state index contributed by atoms with van der Waals surface area (Å²) in [4.78, 5) is 2.17. The first-order chi connectivity index (χ1) is 9.06. The van der Waals surface area contributed by atoms with Crippen LogP contribution in [-0.2, 0) is 0 Å². The summed E-state index contributed by atoms with van der Waals surface area (Å²) in [6, 6.07) is 8.21. The Balaban J connectivity index is 2.06. The summed E-state index contributed by atoms with van der Waals surface area (Å²) in [5.41, 5.74) is 1.23. The number of aromatic nitrogens is 2. The van der Waals surface area contributed by atoms with Gasteiger partial charge in [-0.15, -0.1) is 10.2 Å². The van der Waals surface area contributed by atoms with E-state index in [1.54, 1.807) is 11.3 Å². The molecule has 4 nitrogen and oxygen atoms in total. The van der Waals surface area contributed by atoms with Gasteiger partial charge in [-0.25, -0.2) is 0 Å². The number of likely N-dealkylation sites (N-methyl/N-ethyl adjacent to an activating group) is 1. The minimum Gasteiger partial charge on any atom is -0.358 e. The van der Waals surface area contributed by atoms with Gasteiger partial charge >= 0.3 is 0 Å². The fourth-order valence-electron chi connectivity index (χ4n) is 1.84. The van der Waals surface area contributed by atoms with E-state index in [-0.39, 0.29) is 6.04 Å². The van der Waals surface area contributed by atoms with Gasteiger partial charge in [0, 0.05) is 11.6 Å². The standard InChI is InChI=1S/C13H17ClN4S/c1-9-16-17-13(19-9)15-8-12(18(2)3)10-4-6-11(14)7-5-10/h4-7,12H,8H2,1-3H3,(H,15,17). The molecule has 1 atom stereocenters. The molecule has 2 aromatic rings. The number of hydrogen-bond acceptors (Lipinski definition) is 5. The summed E-state index contributed by atoms with van der Waals surface area (Å²) in [5, 5.41) is 14.0. The first kappa shape index (κ1) is 14.2. The van der Waals surface area contributed by atoms with Crippen molar-refractivity contribution in [3.63, 3.8) is 0 Å². The zero-order valence-electron chi connectivity index (χ0n) is 11.2. The minimum absolute atomic E-state index is 0.265. The zero-order valence-corrected chi connectivity index (χ0v) is 12.8. The van der Waals surface area contributed by atoms with Crippen LogP contribution in [0.1, 0.15) is 16.6 Å². The van der Waals surface area contributed by atoms with Crippen molar-refractivity contribution in [2.45, 2.75) is 13.0 Å². The van der Waals surface area contributed by atoms with Crippen molar-refractivity contribution in [3.8, 4) is 0 Å². The van der Waals surface area contributed by atoms with Gasteiger partial charge in [-0.3, -0.25) is 0 Å². The van der Waals surface area contributed by atoms with Gasteiger partial charge in [-0.2, -0.15) is 0 Å². The van der Waals surface area contributed by atoms with Crippen LogP contribution in [0.25, 0.3) is 0 Å². The third kappa shape index (κ3) is 3.89. The van der Waals surface area contributed by atoms with Gasteiger partial charge in [-0.05, 0) is 38.7 Å². The molecule has 2 rings (SSSR count). The minimum atomic E-state index is 0.265. The predicted octanol–water partition coefficient (Wildman–Crippen LogP) is 3.21. The van der Waals surface area contributed by atoms with Crippen LogP contribution in [0.4, 0.5) is 5.13 Å². The van der Waals surface area contributed by atoms with Crippen LogP contribution >= 0.6 is 22.9 Å². The van der Waals surface area contributed by atoms with E-state index in [9.17, 15) is 0 Å². The molecule has 0 amide bonds. The summed E-state index contributed by atoms with van der Waals surface area (Å²) >= 11 is 7.49. The zero-order chi connectivity index (χ0) is 13.8. The van der Waals surface area contributed by atoms with E-state index in [1.165, 1.54) is 5.56 Å². The molecule has 0 aliphatic carbocycles. The summed E-state index contributed by atoms with van der Waals surface area (Å²) in [6.07, 6.45) is 0. The molecular formula is C13H17ClN4S. The number of benzene rings is 1. The van der Waals surface area contributed by atoms with Crippen molar-refractivity contribution in [3.05, 3.63) is 39.9 Å². The van der Waals surface area contributed by atoms with Gasteiger partial charge in [0.05, 0.1) is 6.04 Å². The largest absolute Gasteiger partial charge is 0.358 e. The normalized spacial score (nSPS) is 12.7. The Morgan fingerprint density at radius 2 is 1.95 bits per heavy atom. The van der Waals surface area contributed by atoms with Gasteiger partial charge in [0.15, 0.2) is 0 Å². The Morgan fingerprint density at radius 3 is 2.47 bits per heavy atom. The molecule has 1 heterocycles. The fourth-order valence-corrected chi connectivity index (χ4v) is 2.56. The van der Waals surface area contributed by atoms with Crippen LogP contribution in [0.2, 0.25) is 5.02 Å². The molecule has 19 heavy (non-hydrogen) atoms. The maximum atomic E-state index is 5.93. The van der Waals surface area contributed by atoms with Crippen molar-refractivity contribution in [1.82, 2.24) is 15.1 Å². The molecule has 6 heteroatoms. The quantitative estimate of drug-likeness (QED) is 0.920. The lowest BCUT2D eigenvalue weighted by molar-refractivity contribution is 0.312. The van der Waals surface area contributed by atoms with Crippen LogP contribution < -0.4 is 5.32 Å². The van der Waals surface area contributed by atoms with Crippen molar-refractivity contribution in [2.75, 3.05) is 26.0 Å². The predicted molar refractivity (Wildman–Crippen MR) is 81.0 cm³/mol. The van der Waals surface area contributed by atoms with Crippen LogP contribution in [-0.4, -0.2) is 35.7 Å². The topological polar surface area (TPSA) is 41.1 Å². The van der Waals surface area contributed by atoms with E-state index in [4.69, 9.17) is 11.6 Å². The van der Waals surface area contributed by atoms with Crippen LogP contribution in [0.15, 0.2) is 24.3 Å². The second-order valence-electron chi connectivity index (χ2n) is 4.54. The van der Waals surface area contributed by atoms with Crippen LogP contribution in [0.3, 0.4) is 0 Å². The number of aryl methyl sites for hydroxylation is 1. The highest BCUT2D eigenvalue weighted by atomic mass is 35.5. The Morgan fingerprint density at radius 1 is 1.26 bits per heavy atom. The summed E-state index contributed by atoms with van der Waals surface area (Å²) in [5.74, 6) is 0. The average Bonchev–Trinajstić information content (AvgIpc) is 2.77. The third-order valence-corrected chi connectivity index (χ3v) is 3.90. The van der Waals surface area contributed by atoms with E-state index in [0.717, 1.165) is 21.7 Å². The summed E-state index contributed by atoms with van der Waals surface area (Å²) in [7, 11) is 4.12. The van der Waals surface area contributed by atoms with Gasteiger partial charge < -0.3 is 10.2 Å². The number of halogens is 1. The van der Waals surface area contributed by atoms with Crippen molar-refractivity contribution < 1.29 is 0 Å². The number of nitrogens with zero attached hydrogens (tertiary/aromatic N) is 3. The molecule has 0 aliphatic rings. The lowest BCUT2D eigenvalue weighted by Gasteiger charge is -2.25. The van der Waals surface area contributed by atoms with Crippen molar-refractivity contribution >= 4 is 28.1 Å². The Bertz CT molecular complexity index is 524. The molecule has 1 aromatic carbocycles. The second-order valence-corrected chi connectivity index (χ2v) is 6.16. The molecule has 0 saturated heterocycles. The summed E-state index contributed by atoms with van der Waals surface area (Å²) in [6.45, 7) is 2.73. The van der Waals surface area contributed by atoms with Crippen LogP contribution in [0, 0.1) is 6.92 Å². The second kappa shape index (κ2) is 6.32. The van der Waals surface area contributed by atoms with E-state index in [1.807, 2.05) is 19.1 Å². The summed E-state index contributed by atoms with van der Waals surface area (Å²) < 4.78 is 0. The highest BCUT2D eigenvalue weighted by molar-refractivity contribution is 7.15. The lowest BCUT2D eigenvalue weighted by atomic mass is 10.1. The highest BCUT2D eigenvalue weighted by Crippen LogP contribution is 2.22. The molecule has 0 aliphatic heterocycles. The molecule has 1 unspecified atom stereocenters. The maximum absolute atomic E-state index is 5.93. The van der Waals surface area contributed by atoms with Crippen molar-refractivity contribution in [2.24, 2.45) is 0 Å². The van der Waals surface area contributed by atoms with E-state index >= 15 is 0 Å². The molecule has 1 aromatic heterocycles. The van der Waals surface area contributed by atoms with Gasteiger partial charge in [0.2, 0.25) is 5.13 Å². The molecule has 0 bridgehead atoms. The molecule has 1 N–H and O–H groups in total. The highest BCUT2D eigenvalue weighted by Gasteiger charge is 2.14. The first-order valence-electron chi connectivity index (χ1n) is 6.02. The molecule has 0 spiro atoms. The number of anilines is 1. The number of rotatable bonds is 5. The molecular weight excluding hydrogens is 280 g/mol. The number of nitrogens with one attached hydrogen (secondary N) is 1. The number of hydrogen-bond donors (Lipinski definition) is 1. The van der Waals surface area contributed by atoms with Crippen molar-refractivity contribution in [1.29, 1.82) is 0 Å². The first-order valence-corrected chi connectivity index (χ1v) is 7.21. The molecule has 0 fully saturated rings. The fraction of sp³-hybridized carbons (Fsp3) is 0.385. The van der Waals surface area contributed by atoms with Gasteiger partial charge in [-0.1, -0.05) is 35.1 Å². The molecule has 0 saturated carbocycles. The van der Waals surface area contributed by atoms with E-state index in [0.29, 0.717) is 0 Å². The Hall–Kier alpha value is -1.17. The third-order valence-electron chi connectivity index (χ3n) is 2.85. The van der Waals surface area contributed by atoms with Crippen LogP contribution in [0.5, 0.6) is 0 Å². The Kier molecular flexibility index (Phi) is 4.74.